The summed E-state index contributed by atoms with van der Waals surface area (Å²) >= 11 is 4.52. The molecular formula is C22H18N4O3S3. The summed E-state index contributed by atoms with van der Waals surface area (Å²) in [6.45, 7) is 2.47. The molecule has 0 atom stereocenters. The monoisotopic (exact) mass is 482 g/mol. The highest BCUT2D eigenvalue weighted by Gasteiger charge is 2.19. The van der Waals surface area contributed by atoms with Crippen LogP contribution >= 0.6 is 34.4 Å². The van der Waals surface area contributed by atoms with Gasteiger partial charge >= 0.3 is 0 Å². The molecule has 0 saturated heterocycles. The van der Waals surface area contributed by atoms with E-state index in [2.05, 4.69) is 10.1 Å². The molecule has 0 fully saturated rings. The summed E-state index contributed by atoms with van der Waals surface area (Å²) in [5.74, 6) is 2.01. The molecule has 4 aromatic heterocycles. The van der Waals surface area contributed by atoms with Gasteiger partial charge in [-0.15, -0.1) is 22.7 Å². The Kier molecular flexibility index (Phi) is 5.81. The minimum atomic E-state index is -0.0232. The number of benzene rings is 1. The maximum atomic E-state index is 13.3. The van der Waals surface area contributed by atoms with Gasteiger partial charge in [-0.1, -0.05) is 35.1 Å². The van der Waals surface area contributed by atoms with E-state index >= 15 is 0 Å². The predicted octanol–water partition coefficient (Wildman–Crippen LogP) is 5.56. The van der Waals surface area contributed by atoms with E-state index in [0.29, 0.717) is 40.3 Å². The van der Waals surface area contributed by atoms with Crippen LogP contribution in [-0.2, 0) is 12.3 Å². The second-order valence-electron chi connectivity index (χ2n) is 6.75. The van der Waals surface area contributed by atoms with Gasteiger partial charge in [0, 0.05) is 22.4 Å². The molecule has 32 heavy (non-hydrogen) atoms. The second-order valence-corrected chi connectivity index (χ2v) is 9.50. The quantitative estimate of drug-likeness (QED) is 0.222. The smallest absolute Gasteiger partial charge is 0.263 e. The first-order chi connectivity index (χ1) is 15.7. The lowest BCUT2D eigenvalue weighted by molar-refractivity contribution is 0.390. The number of aromatic nitrogens is 4. The van der Waals surface area contributed by atoms with E-state index in [9.17, 15) is 4.79 Å². The third-order valence-corrected chi connectivity index (χ3v) is 7.64. The van der Waals surface area contributed by atoms with Crippen molar-refractivity contribution in [1.82, 2.24) is 19.7 Å². The van der Waals surface area contributed by atoms with Gasteiger partial charge in [0.05, 0.1) is 23.8 Å². The normalized spacial score (nSPS) is 11.3. The zero-order chi connectivity index (χ0) is 22.1. The van der Waals surface area contributed by atoms with E-state index in [1.165, 1.54) is 23.1 Å². The lowest BCUT2D eigenvalue weighted by Crippen LogP contribution is -2.22. The molecule has 0 aliphatic carbocycles. The van der Waals surface area contributed by atoms with E-state index in [1.54, 1.807) is 23.0 Å². The molecule has 0 spiro atoms. The van der Waals surface area contributed by atoms with E-state index in [0.717, 1.165) is 20.8 Å². The van der Waals surface area contributed by atoms with Crippen LogP contribution in [0.5, 0.6) is 5.75 Å². The van der Waals surface area contributed by atoms with Crippen LogP contribution in [0.15, 0.2) is 61.6 Å². The number of methoxy groups -OCH3 is 1. The highest BCUT2D eigenvalue weighted by atomic mass is 32.2. The molecule has 0 amide bonds. The molecule has 10 heteroatoms. The fraction of sp³-hybridized carbons (Fsp3) is 0.182. The Morgan fingerprint density at radius 3 is 2.78 bits per heavy atom. The molecule has 5 aromatic rings. The Hall–Kier alpha value is -2.95. The van der Waals surface area contributed by atoms with Crippen LogP contribution in [0, 0.1) is 0 Å². The van der Waals surface area contributed by atoms with Crippen LogP contribution < -0.4 is 10.3 Å². The molecule has 0 aliphatic rings. The molecule has 7 nitrogen and oxygen atoms in total. The van der Waals surface area contributed by atoms with Crippen LogP contribution in [0.3, 0.4) is 0 Å². The molecule has 5 rings (SSSR count). The summed E-state index contributed by atoms with van der Waals surface area (Å²) in [4.78, 5) is 24.4. The van der Waals surface area contributed by atoms with Gasteiger partial charge in [0.2, 0.25) is 11.7 Å². The minimum Gasteiger partial charge on any atom is -0.496 e. The number of hydrogen-bond acceptors (Lipinski definition) is 9. The average molecular weight is 483 g/mol. The van der Waals surface area contributed by atoms with Gasteiger partial charge in [0.25, 0.3) is 5.56 Å². The summed E-state index contributed by atoms with van der Waals surface area (Å²) < 4.78 is 12.5. The van der Waals surface area contributed by atoms with E-state index in [-0.39, 0.29) is 5.56 Å². The number of nitrogens with zero attached hydrogens (tertiary/aromatic N) is 4. The van der Waals surface area contributed by atoms with Crippen molar-refractivity contribution in [2.75, 3.05) is 7.11 Å². The Morgan fingerprint density at radius 2 is 2.00 bits per heavy atom. The Morgan fingerprint density at radius 1 is 1.12 bits per heavy atom. The summed E-state index contributed by atoms with van der Waals surface area (Å²) in [7, 11) is 1.61. The summed E-state index contributed by atoms with van der Waals surface area (Å²) in [6, 6.07) is 11.5. The number of rotatable bonds is 7. The number of thioether (sulfide) groups is 1. The fourth-order valence-corrected chi connectivity index (χ4v) is 6.09. The minimum absolute atomic E-state index is 0.0232. The number of hydrogen-bond donors (Lipinski definition) is 0. The number of fused-ring (bicyclic) bond motifs is 1. The van der Waals surface area contributed by atoms with Crippen molar-refractivity contribution >= 4 is 44.7 Å². The third kappa shape index (κ3) is 3.74. The van der Waals surface area contributed by atoms with Crippen molar-refractivity contribution in [3.63, 3.8) is 0 Å². The van der Waals surface area contributed by atoms with Gasteiger partial charge < -0.3 is 9.26 Å². The van der Waals surface area contributed by atoms with Gasteiger partial charge in [-0.3, -0.25) is 9.36 Å². The SMILES string of the molecule is CCn1c(SCc2nc(-c3ccccc3OC)no2)nc2scc(-c3cccs3)c2c1=O. The Balaban J connectivity index is 1.44. The Labute approximate surface area is 195 Å². The van der Waals surface area contributed by atoms with Crippen molar-refractivity contribution < 1.29 is 9.26 Å². The van der Waals surface area contributed by atoms with Crippen molar-refractivity contribution in [1.29, 1.82) is 0 Å². The maximum Gasteiger partial charge on any atom is 0.263 e. The molecule has 0 unspecified atom stereocenters. The molecule has 1 aromatic carbocycles. The zero-order valence-electron chi connectivity index (χ0n) is 17.3. The van der Waals surface area contributed by atoms with Crippen LogP contribution in [0.2, 0.25) is 0 Å². The molecule has 0 radical (unpaired) electrons. The van der Waals surface area contributed by atoms with Crippen molar-refractivity contribution in [2.24, 2.45) is 0 Å². The van der Waals surface area contributed by atoms with Gasteiger partial charge in [0.1, 0.15) is 10.6 Å². The number of thiophene rings is 2. The molecule has 162 valence electrons. The third-order valence-electron chi connectivity index (χ3n) is 4.90. The molecule has 0 saturated carbocycles. The van der Waals surface area contributed by atoms with Gasteiger partial charge in [-0.25, -0.2) is 4.98 Å². The highest BCUT2D eigenvalue weighted by Crippen LogP contribution is 2.35. The topological polar surface area (TPSA) is 83.0 Å². The van der Waals surface area contributed by atoms with Gasteiger partial charge in [-0.2, -0.15) is 4.98 Å². The first-order valence-corrected chi connectivity index (χ1v) is 12.6. The zero-order valence-corrected chi connectivity index (χ0v) is 19.7. The molecular weight excluding hydrogens is 464 g/mol. The highest BCUT2D eigenvalue weighted by molar-refractivity contribution is 7.98. The molecule has 0 bridgehead atoms. The largest absolute Gasteiger partial charge is 0.496 e. The van der Waals surface area contributed by atoms with Crippen LogP contribution in [0.1, 0.15) is 12.8 Å². The first kappa shape index (κ1) is 20.9. The molecule has 4 heterocycles. The number of para-hydroxylation sites is 1. The molecule has 0 aliphatic heterocycles. The van der Waals surface area contributed by atoms with Crippen molar-refractivity contribution in [3.05, 3.63) is 63.4 Å². The molecule has 0 N–H and O–H groups in total. The fourth-order valence-electron chi connectivity index (χ4n) is 3.39. The first-order valence-electron chi connectivity index (χ1n) is 9.84. The average Bonchev–Trinajstić information content (AvgIpc) is 3.58. The summed E-state index contributed by atoms with van der Waals surface area (Å²) in [5, 5.41) is 9.43. The van der Waals surface area contributed by atoms with Crippen LogP contribution in [-0.4, -0.2) is 26.8 Å². The predicted molar refractivity (Wildman–Crippen MR) is 129 cm³/mol. The maximum absolute atomic E-state index is 13.3. The summed E-state index contributed by atoms with van der Waals surface area (Å²) in [6.07, 6.45) is 0. The lowest BCUT2D eigenvalue weighted by Gasteiger charge is -2.09. The second kappa shape index (κ2) is 8.89. The van der Waals surface area contributed by atoms with E-state index in [4.69, 9.17) is 14.2 Å². The Bertz CT molecular complexity index is 1440. The van der Waals surface area contributed by atoms with Gasteiger partial charge in [-0.05, 0) is 30.5 Å². The summed E-state index contributed by atoms with van der Waals surface area (Å²) in [5.41, 5.74) is 1.69. The van der Waals surface area contributed by atoms with Crippen LogP contribution in [0.4, 0.5) is 0 Å². The van der Waals surface area contributed by atoms with Gasteiger partial charge in [0.15, 0.2) is 5.16 Å². The lowest BCUT2D eigenvalue weighted by atomic mass is 10.2. The van der Waals surface area contributed by atoms with Crippen molar-refractivity contribution in [2.45, 2.75) is 24.4 Å². The number of ether oxygens (including phenoxy) is 1. The van der Waals surface area contributed by atoms with Crippen molar-refractivity contribution in [3.8, 4) is 27.6 Å². The van der Waals surface area contributed by atoms with E-state index in [1.807, 2.05) is 54.1 Å². The van der Waals surface area contributed by atoms with E-state index < -0.39 is 0 Å². The van der Waals surface area contributed by atoms with Crippen LogP contribution in [0.25, 0.3) is 32.0 Å². The standard InChI is InChI=1S/C22H18N4O3S3/c1-3-26-21(27)18-14(16-9-6-10-30-16)11-31-20(18)24-22(26)32-12-17-23-19(25-29-17)13-7-4-5-8-15(13)28-2/h4-11H,3,12H2,1-2H3.